The van der Waals surface area contributed by atoms with Gasteiger partial charge >= 0.3 is 25.2 Å². The van der Waals surface area contributed by atoms with E-state index in [9.17, 15) is 19.2 Å². The zero-order chi connectivity index (χ0) is 42.6. The third-order valence-electron chi connectivity index (χ3n) is 10.9. The van der Waals surface area contributed by atoms with E-state index in [0.29, 0.717) is 11.5 Å². The van der Waals surface area contributed by atoms with Gasteiger partial charge in [0.25, 0.3) is 0 Å². The second-order valence-corrected chi connectivity index (χ2v) is 19.4. The van der Waals surface area contributed by atoms with Crippen molar-refractivity contribution in [2.24, 2.45) is 17.3 Å². The van der Waals surface area contributed by atoms with E-state index in [-0.39, 0.29) is 40.7 Å². The number of carbonyl (C=O) groups excluding carboxylic acids is 4. The van der Waals surface area contributed by atoms with Crippen LogP contribution in [-0.2, 0) is 34.7 Å². The van der Waals surface area contributed by atoms with Crippen molar-refractivity contribution in [1.29, 1.82) is 0 Å². The van der Waals surface area contributed by atoms with Gasteiger partial charge in [-0.1, -0.05) is 43.6 Å². The molecule has 4 aliphatic rings. The van der Waals surface area contributed by atoms with Gasteiger partial charge < -0.3 is 38.9 Å². The number of para-hydroxylation sites is 1. The fourth-order valence-electron chi connectivity index (χ4n) is 8.26. The zero-order valence-corrected chi connectivity index (χ0v) is 36.1. The predicted octanol–water partition coefficient (Wildman–Crippen LogP) is 7.96. The van der Waals surface area contributed by atoms with E-state index in [1.165, 1.54) is 13.2 Å². The van der Waals surface area contributed by atoms with Crippen molar-refractivity contribution in [3.63, 3.8) is 0 Å². The number of nitrogens with one attached hydrogen (secondary N) is 2. The van der Waals surface area contributed by atoms with E-state index >= 15 is 4.39 Å². The van der Waals surface area contributed by atoms with E-state index in [2.05, 4.69) is 24.5 Å². The minimum absolute atomic E-state index is 0.0297. The average Bonchev–Trinajstić information content (AvgIpc) is 3.43. The topological polar surface area (TPSA) is 148 Å². The molecule has 6 rings (SSSR count). The summed E-state index contributed by atoms with van der Waals surface area (Å²) in [5, 5.41) is 4.97. The molecule has 0 aromatic heterocycles. The first-order valence-corrected chi connectivity index (χ1v) is 19.8. The highest BCUT2D eigenvalue weighted by atomic mass is 35.5. The zero-order valence-electron chi connectivity index (χ0n) is 35.3. The third-order valence-corrected chi connectivity index (χ3v) is 11.3. The Morgan fingerprint density at radius 1 is 0.877 bits per heavy atom. The lowest BCUT2D eigenvalue weighted by atomic mass is 9.43. The molecule has 1 heterocycles. The Labute approximate surface area is 340 Å². The van der Waals surface area contributed by atoms with Crippen molar-refractivity contribution in [2.75, 3.05) is 7.11 Å². The highest BCUT2D eigenvalue weighted by molar-refractivity contribution is 6.48. The first-order valence-electron chi connectivity index (χ1n) is 19.4. The average molecular weight is 815 g/mol. The van der Waals surface area contributed by atoms with E-state index in [1.807, 2.05) is 6.92 Å². The maximum absolute atomic E-state index is 15.9. The predicted molar refractivity (Wildman–Crippen MR) is 213 cm³/mol. The molecule has 3 aliphatic carbocycles. The normalized spacial score (nSPS) is 23.6. The molecule has 2 bridgehead atoms. The second kappa shape index (κ2) is 15.7. The lowest BCUT2D eigenvalue weighted by Crippen LogP contribution is -2.65. The SMILES string of the molecule is COc1c(C[C@H](NC(=O)C(NC(=O)OC(C)(C)C)c2ccc(C(=O)OC(C)(C)C)c(F)c2Cl)B2O[C@@H]3C[C@@H]4C[C@@H](C4(C)C)[C@]3(C)O2)cccc1C(=O)OC(C)(C)C. The molecule has 2 N–H and O–H groups in total. The summed E-state index contributed by atoms with van der Waals surface area (Å²) >= 11 is 6.58. The lowest BCUT2D eigenvalue weighted by molar-refractivity contribution is -0.199. The van der Waals surface area contributed by atoms with Crippen LogP contribution in [0.2, 0.25) is 5.02 Å². The first-order chi connectivity index (χ1) is 26.1. The van der Waals surface area contributed by atoms with Crippen LogP contribution in [0.5, 0.6) is 5.75 Å². The summed E-state index contributed by atoms with van der Waals surface area (Å²) in [4.78, 5) is 54.1. The number of rotatable bonds is 10. The van der Waals surface area contributed by atoms with Crippen LogP contribution in [-0.4, -0.2) is 72.6 Å². The van der Waals surface area contributed by atoms with Crippen LogP contribution in [0.25, 0.3) is 0 Å². The first kappa shape index (κ1) is 44.2. The fourth-order valence-corrected chi connectivity index (χ4v) is 8.53. The Hall–Kier alpha value is -3.88. The summed E-state index contributed by atoms with van der Waals surface area (Å²) < 4.78 is 51.7. The van der Waals surface area contributed by atoms with Crippen molar-refractivity contribution in [2.45, 2.75) is 143 Å². The van der Waals surface area contributed by atoms with Gasteiger partial charge in [0, 0.05) is 5.56 Å². The molecule has 1 unspecified atom stereocenters. The molecule has 2 aromatic carbocycles. The minimum atomic E-state index is -1.63. The largest absolute Gasteiger partial charge is 0.496 e. The molecule has 12 nitrogen and oxygen atoms in total. The Kier molecular flexibility index (Phi) is 12.2. The van der Waals surface area contributed by atoms with Gasteiger partial charge in [-0.2, -0.15) is 0 Å². The lowest BCUT2D eigenvalue weighted by Gasteiger charge is -2.64. The van der Waals surface area contributed by atoms with E-state index in [4.69, 9.17) is 39.9 Å². The van der Waals surface area contributed by atoms with Crippen LogP contribution in [0, 0.1) is 23.1 Å². The minimum Gasteiger partial charge on any atom is -0.496 e. The summed E-state index contributed by atoms with van der Waals surface area (Å²) in [7, 11) is 0.449. The van der Waals surface area contributed by atoms with Crippen molar-refractivity contribution in [3.8, 4) is 5.75 Å². The van der Waals surface area contributed by atoms with E-state index in [0.717, 1.165) is 18.9 Å². The van der Waals surface area contributed by atoms with Gasteiger partial charge in [-0.15, -0.1) is 0 Å². The number of hydrogen-bond donors (Lipinski definition) is 2. The van der Waals surface area contributed by atoms with Gasteiger partial charge in [0.1, 0.15) is 34.2 Å². The Morgan fingerprint density at radius 2 is 1.47 bits per heavy atom. The molecule has 6 atom stereocenters. The molecule has 4 fully saturated rings. The van der Waals surface area contributed by atoms with Crippen LogP contribution in [0.15, 0.2) is 30.3 Å². The maximum Gasteiger partial charge on any atom is 0.482 e. The summed E-state index contributed by atoms with van der Waals surface area (Å²) in [6.07, 6.45) is 0.566. The van der Waals surface area contributed by atoms with Gasteiger partial charge in [0.05, 0.1) is 35.3 Å². The van der Waals surface area contributed by atoms with Gasteiger partial charge in [-0.3, -0.25) is 4.79 Å². The number of halogens is 2. The molecule has 1 aliphatic heterocycles. The molecule has 1 saturated heterocycles. The van der Waals surface area contributed by atoms with Crippen LogP contribution < -0.4 is 15.4 Å². The van der Waals surface area contributed by atoms with Crippen molar-refractivity contribution < 1.29 is 51.8 Å². The standard InChI is InChI=1S/C42H57BClFN2O10/c1-38(2,3)53-35(49)25-18-17-24(30(44)31(25)45)32(47-37(51)55-40(7,8)9)34(48)46-29(43-56-28-21-23-20-27(41(23,10)11)42(28,12)57-43)19-22-15-14-16-26(33(22)52-13)36(50)54-39(4,5)6/h14-18,23,27-29,32H,19-21H2,1-13H3,(H,46,48)(H,47,51)/t23-,27-,28+,29-,32?,42-/m0/s1. The fraction of sp³-hybridized carbons (Fsp3) is 0.619. The molecule has 2 amide bonds. The van der Waals surface area contributed by atoms with Crippen molar-refractivity contribution in [3.05, 3.63) is 63.4 Å². The third kappa shape index (κ3) is 9.55. The number of amides is 2. The smallest absolute Gasteiger partial charge is 0.482 e. The highest BCUT2D eigenvalue weighted by Crippen LogP contribution is 2.65. The van der Waals surface area contributed by atoms with Gasteiger partial charge in [-0.25, -0.2) is 18.8 Å². The number of benzene rings is 2. The van der Waals surface area contributed by atoms with Crippen molar-refractivity contribution >= 4 is 42.7 Å². The maximum atomic E-state index is 15.9. The monoisotopic (exact) mass is 814 g/mol. The molecular weight excluding hydrogens is 758 g/mol. The van der Waals surface area contributed by atoms with Gasteiger partial charge in [-0.05, 0) is 123 Å². The highest BCUT2D eigenvalue weighted by Gasteiger charge is 2.68. The quantitative estimate of drug-likeness (QED) is 0.138. The molecule has 0 spiro atoms. The summed E-state index contributed by atoms with van der Waals surface area (Å²) in [5.74, 6) is -3.55. The van der Waals surface area contributed by atoms with Crippen LogP contribution in [0.4, 0.5) is 9.18 Å². The number of carbonyl (C=O) groups is 4. The van der Waals surface area contributed by atoms with Crippen LogP contribution in [0.3, 0.4) is 0 Å². The van der Waals surface area contributed by atoms with Gasteiger partial charge in [0.2, 0.25) is 5.91 Å². The molecule has 57 heavy (non-hydrogen) atoms. The molecule has 3 saturated carbocycles. The number of esters is 2. The van der Waals surface area contributed by atoms with E-state index in [1.54, 1.807) is 80.5 Å². The van der Waals surface area contributed by atoms with Gasteiger partial charge in [0.15, 0.2) is 5.82 Å². The molecule has 312 valence electrons. The van der Waals surface area contributed by atoms with Crippen LogP contribution >= 0.6 is 11.6 Å². The summed E-state index contributed by atoms with van der Waals surface area (Å²) in [6, 6.07) is 5.84. The molecule has 15 heteroatoms. The Bertz CT molecular complexity index is 1900. The number of alkyl carbamates (subject to hydrolysis) is 1. The Balaban J connectivity index is 1.55. The Morgan fingerprint density at radius 3 is 2.04 bits per heavy atom. The molecule has 0 radical (unpaired) electrons. The number of methoxy groups -OCH3 is 1. The number of ether oxygens (including phenoxy) is 4. The van der Waals surface area contributed by atoms with E-state index < -0.39 is 81.8 Å². The summed E-state index contributed by atoms with van der Waals surface area (Å²) in [6.45, 7) is 21.7. The van der Waals surface area contributed by atoms with Crippen LogP contribution in [0.1, 0.15) is 134 Å². The molecular formula is C42H57BClFN2O10. The second-order valence-electron chi connectivity index (χ2n) is 19.1. The number of hydrogen-bond acceptors (Lipinski definition) is 10. The van der Waals surface area contributed by atoms with Crippen molar-refractivity contribution in [1.82, 2.24) is 10.6 Å². The summed E-state index contributed by atoms with van der Waals surface area (Å²) in [5.41, 5.74) is -3.16. The molecule has 2 aromatic rings.